The number of rotatable bonds is 4. The first-order valence-electron chi connectivity index (χ1n) is 7.05. The largest absolute Gasteiger partial charge is 0.377 e. The number of nitrogens with one attached hydrogen (secondary N) is 2. The number of aromatic nitrogens is 3. The third-order valence-electron chi connectivity index (χ3n) is 3.86. The van der Waals surface area contributed by atoms with Gasteiger partial charge in [0.05, 0.1) is 46.7 Å². The van der Waals surface area contributed by atoms with Gasteiger partial charge in [-0.2, -0.15) is 5.10 Å². The van der Waals surface area contributed by atoms with E-state index in [2.05, 4.69) is 14.8 Å². The third kappa shape index (κ3) is 2.55. The average Bonchev–Trinajstić information content (AvgIpc) is 3.09. The number of sulfonamides is 1. The summed E-state index contributed by atoms with van der Waals surface area (Å²) in [6, 6.07) is 3.26. The smallest absolute Gasteiger partial charge is 0.265 e. The van der Waals surface area contributed by atoms with Crippen molar-refractivity contribution in [2.75, 3.05) is 17.9 Å². The van der Waals surface area contributed by atoms with Gasteiger partial charge in [0.25, 0.3) is 10.0 Å². The predicted octanol–water partition coefficient (Wildman–Crippen LogP) is 3.04. The number of halogens is 2. The summed E-state index contributed by atoms with van der Waals surface area (Å²) in [6.07, 6.45) is 4.37. The van der Waals surface area contributed by atoms with Crippen LogP contribution in [-0.4, -0.2) is 36.4 Å². The lowest BCUT2D eigenvalue weighted by Gasteiger charge is -2.25. The molecule has 126 valence electrons. The molecule has 0 radical (unpaired) electrons. The summed E-state index contributed by atoms with van der Waals surface area (Å²) in [7, 11) is -3.79. The van der Waals surface area contributed by atoms with Crippen LogP contribution >= 0.6 is 23.2 Å². The van der Waals surface area contributed by atoms with Crippen molar-refractivity contribution in [3.8, 4) is 0 Å². The zero-order chi connectivity index (χ0) is 16.9. The summed E-state index contributed by atoms with van der Waals surface area (Å²) >= 11 is 12.2. The van der Waals surface area contributed by atoms with E-state index in [1.807, 2.05) is 0 Å². The molecule has 1 saturated heterocycles. The quantitative estimate of drug-likeness (QED) is 0.720. The van der Waals surface area contributed by atoms with Crippen molar-refractivity contribution < 1.29 is 13.2 Å². The Morgan fingerprint density at radius 3 is 2.79 bits per heavy atom. The summed E-state index contributed by atoms with van der Waals surface area (Å²) in [6.45, 7) is 1.07. The highest BCUT2D eigenvalue weighted by molar-refractivity contribution is 7.92. The molecule has 0 unspecified atom stereocenters. The Morgan fingerprint density at radius 2 is 2.08 bits per heavy atom. The first-order valence-corrected chi connectivity index (χ1v) is 9.29. The van der Waals surface area contributed by atoms with E-state index >= 15 is 0 Å². The van der Waals surface area contributed by atoms with E-state index in [0.29, 0.717) is 39.8 Å². The summed E-state index contributed by atoms with van der Waals surface area (Å²) < 4.78 is 34.4. The van der Waals surface area contributed by atoms with Gasteiger partial charge in [0, 0.05) is 17.8 Å². The van der Waals surface area contributed by atoms with E-state index in [4.69, 9.17) is 27.9 Å². The molecule has 0 spiro atoms. The molecule has 0 saturated carbocycles. The van der Waals surface area contributed by atoms with Crippen LogP contribution in [0.1, 0.15) is 6.04 Å². The standard InChI is InChI=1S/C14H12Cl2N4O3S/c15-10-1-2-12(14-13(10)11(16)4-17-14)19-24(21,22)9-3-18-20(5-9)8-6-23-7-8/h1-5,8,17,19H,6-7H2. The number of anilines is 1. The summed E-state index contributed by atoms with van der Waals surface area (Å²) in [5.74, 6) is 0. The second-order valence-electron chi connectivity index (χ2n) is 5.43. The third-order valence-corrected chi connectivity index (χ3v) is 5.80. The van der Waals surface area contributed by atoms with Crippen molar-refractivity contribution in [2.45, 2.75) is 10.9 Å². The predicted molar refractivity (Wildman–Crippen MR) is 91.2 cm³/mol. The van der Waals surface area contributed by atoms with E-state index in [-0.39, 0.29) is 10.9 Å². The lowest BCUT2D eigenvalue weighted by atomic mass is 10.2. The molecule has 4 rings (SSSR count). The van der Waals surface area contributed by atoms with Crippen LogP contribution < -0.4 is 4.72 Å². The van der Waals surface area contributed by atoms with Gasteiger partial charge in [-0.3, -0.25) is 9.40 Å². The molecule has 2 aromatic heterocycles. The van der Waals surface area contributed by atoms with E-state index in [1.165, 1.54) is 12.4 Å². The maximum Gasteiger partial charge on any atom is 0.265 e. The molecular formula is C14H12Cl2N4O3S. The molecule has 1 fully saturated rings. The van der Waals surface area contributed by atoms with Crippen LogP contribution in [0.3, 0.4) is 0 Å². The number of ether oxygens (including phenoxy) is 1. The second kappa shape index (κ2) is 5.66. The highest BCUT2D eigenvalue weighted by Gasteiger charge is 2.25. The number of hydrogen-bond donors (Lipinski definition) is 2. The SMILES string of the molecule is O=S(=O)(Nc1ccc(Cl)c2c(Cl)c[nH]c12)c1cnn(C2COC2)c1. The maximum absolute atomic E-state index is 12.6. The molecule has 2 N–H and O–H groups in total. The molecule has 1 aliphatic heterocycles. The van der Waals surface area contributed by atoms with Crippen LogP contribution in [0.4, 0.5) is 5.69 Å². The van der Waals surface area contributed by atoms with Crippen molar-refractivity contribution in [3.05, 3.63) is 40.8 Å². The Bertz CT molecular complexity index is 1020. The Hall–Kier alpha value is -1.74. The van der Waals surface area contributed by atoms with Crippen molar-refractivity contribution in [2.24, 2.45) is 0 Å². The van der Waals surface area contributed by atoms with Crippen molar-refractivity contribution in [1.29, 1.82) is 0 Å². The van der Waals surface area contributed by atoms with Crippen LogP contribution in [-0.2, 0) is 14.8 Å². The molecule has 7 nitrogen and oxygen atoms in total. The van der Waals surface area contributed by atoms with E-state index in [1.54, 1.807) is 23.0 Å². The molecule has 0 bridgehead atoms. The van der Waals surface area contributed by atoms with Gasteiger partial charge in [0.2, 0.25) is 0 Å². The number of benzene rings is 1. The minimum atomic E-state index is -3.79. The minimum absolute atomic E-state index is 0.0788. The molecule has 3 aromatic rings. The first-order chi connectivity index (χ1) is 11.5. The van der Waals surface area contributed by atoms with Crippen molar-refractivity contribution >= 4 is 49.8 Å². The fourth-order valence-electron chi connectivity index (χ4n) is 2.49. The van der Waals surface area contributed by atoms with Gasteiger partial charge in [0.15, 0.2) is 0 Å². The van der Waals surface area contributed by atoms with Crippen LogP contribution in [0.25, 0.3) is 10.9 Å². The number of fused-ring (bicyclic) bond motifs is 1. The Labute approximate surface area is 147 Å². The number of nitrogens with zero attached hydrogens (tertiary/aromatic N) is 2. The zero-order valence-electron chi connectivity index (χ0n) is 12.2. The van der Waals surface area contributed by atoms with Gasteiger partial charge in [-0.15, -0.1) is 0 Å². The van der Waals surface area contributed by atoms with E-state index in [9.17, 15) is 8.42 Å². The molecule has 1 aliphatic rings. The molecule has 24 heavy (non-hydrogen) atoms. The number of aromatic amines is 1. The minimum Gasteiger partial charge on any atom is -0.377 e. The monoisotopic (exact) mass is 386 g/mol. The van der Waals surface area contributed by atoms with Gasteiger partial charge in [0.1, 0.15) is 4.90 Å². The van der Waals surface area contributed by atoms with Gasteiger partial charge in [-0.05, 0) is 12.1 Å². The van der Waals surface area contributed by atoms with Gasteiger partial charge >= 0.3 is 0 Å². The number of H-pyrrole nitrogens is 1. The van der Waals surface area contributed by atoms with Crippen LogP contribution in [0, 0.1) is 0 Å². The van der Waals surface area contributed by atoms with Gasteiger partial charge in [-0.25, -0.2) is 8.42 Å². The van der Waals surface area contributed by atoms with Gasteiger partial charge < -0.3 is 9.72 Å². The van der Waals surface area contributed by atoms with Crippen molar-refractivity contribution in [3.63, 3.8) is 0 Å². The summed E-state index contributed by atoms with van der Waals surface area (Å²) in [5, 5.41) is 5.53. The lowest BCUT2D eigenvalue weighted by molar-refractivity contribution is -0.0287. The van der Waals surface area contributed by atoms with Crippen LogP contribution in [0.5, 0.6) is 0 Å². The molecule has 10 heteroatoms. The van der Waals surface area contributed by atoms with Gasteiger partial charge in [-0.1, -0.05) is 23.2 Å². The normalized spacial score (nSPS) is 15.6. The van der Waals surface area contributed by atoms with E-state index < -0.39 is 10.0 Å². The molecular weight excluding hydrogens is 375 g/mol. The first kappa shape index (κ1) is 15.8. The summed E-state index contributed by atoms with van der Waals surface area (Å²) in [5.41, 5.74) is 0.886. The molecule has 0 amide bonds. The topological polar surface area (TPSA) is 89.0 Å². The lowest BCUT2D eigenvalue weighted by Crippen LogP contribution is -2.30. The fraction of sp³-hybridized carbons (Fsp3) is 0.214. The maximum atomic E-state index is 12.6. The number of hydrogen-bond acceptors (Lipinski definition) is 4. The summed E-state index contributed by atoms with van der Waals surface area (Å²) in [4.78, 5) is 3.01. The highest BCUT2D eigenvalue weighted by atomic mass is 35.5. The highest BCUT2D eigenvalue weighted by Crippen LogP contribution is 2.35. The average molecular weight is 387 g/mol. The fourth-order valence-corrected chi connectivity index (χ4v) is 4.06. The Balaban J connectivity index is 1.69. The Kier molecular flexibility index (Phi) is 3.72. The van der Waals surface area contributed by atoms with Crippen LogP contribution in [0.2, 0.25) is 10.0 Å². The zero-order valence-corrected chi connectivity index (χ0v) is 14.5. The second-order valence-corrected chi connectivity index (χ2v) is 7.93. The molecule has 3 heterocycles. The molecule has 0 aliphatic carbocycles. The van der Waals surface area contributed by atoms with E-state index in [0.717, 1.165) is 0 Å². The van der Waals surface area contributed by atoms with Crippen LogP contribution in [0.15, 0.2) is 35.6 Å². The van der Waals surface area contributed by atoms with Crippen molar-refractivity contribution in [1.82, 2.24) is 14.8 Å². The molecule has 1 aromatic carbocycles. The Morgan fingerprint density at radius 1 is 1.29 bits per heavy atom. The molecule has 0 atom stereocenters.